The van der Waals surface area contributed by atoms with E-state index in [0.29, 0.717) is 0 Å². The van der Waals surface area contributed by atoms with Crippen molar-refractivity contribution in [2.24, 2.45) is 0 Å². The van der Waals surface area contributed by atoms with Gasteiger partial charge < -0.3 is 0 Å². The van der Waals surface area contributed by atoms with Crippen molar-refractivity contribution in [2.75, 3.05) is 0 Å². The van der Waals surface area contributed by atoms with Gasteiger partial charge in [0.2, 0.25) is 0 Å². The average molecular weight is 383 g/mol. The summed E-state index contributed by atoms with van der Waals surface area (Å²) in [5.74, 6) is 0. The molecular formula is C3H6Br3Ru. The Labute approximate surface area is 69.7 Å². The van der Waals surface area contributed by atoms with Crippen LogP contribution in [0.15, 0.2) is 12.7 Å². The normalized spacial score (nSPS) is 8.29. The third kappa shape index (κ3) is 80.8. The Morgan fingerprint density at radius 3 is 1.43 bits per heavy atom. The van der Waals surface area contributed by atoms with Crippen LogP contribution in [0.3, 0.4) is 0 Å². The van der Waals surface area contributed by atoms with Crippen LogP contribution in [-0.2, 0) is 10.1 Å². The first kappa shape index (κ1) is 11.6. The van der Waals surface area contributed by atoms with Crippen LogP contribution in [0.1, 0.15) is 6.92 Å². The molecule has 47 valence electrons. The third-order valence-corrected chi connectivity index (χ3v) is 0. The first-order valence-corrected chi connectivity index (χ1v) is 13.3. The van der Waals surface area contributed by atoms with Gasteiger partial charge in [-0.05, 0) is 6.92 Å². The topological polar surface area (TPSA) is 0 Å². The average Bonchev–Trinajstić information content (AvgIpc) is 1.33. The van der Waals surface area contributed by atoms with Crippen LogP contribution >= 0.6 is 40.9 Å². The van der Waals surface area contributed by atoms with E-state index in [-0.39, 0.29) is 0 Å². The molecule has 0 N–H and O–H groups in total. The second-order valence-electron chi connectivity index (χ2n) is 0.560. The van der Waals surface area contributed by atoms with Crippen molar-refractivity contribution in [3.63, 3.8) is 0 Å². The molecule has 0 nitrogen and oxygen atoms in total. The molecule has 0 radical (unpaired) electrons. The van der Waals surface area contributed by atoms with Gasteiger partial charge in [0, 0.05) is 0 Å². The van der Waals surface area contributed by atoms with Gasteiger partial charge >= 0.3 is 50.9 Å². The fourth-order valence-corrected chi connectivity index (χ4v) is 0. The van der Waals surface area contributed by atoms with Gasteiger partial charge in [0.1, 0.15) is 0 Å². The predicted molar refractivity (Wildman–Crippen MR) is 42.7 cm³/mol. The number of halogens is 3. The molecule has 0 atom stereocenters. The second-order valence-corrected chi connectivity index (χ2v) is 24.6. The Kier molecular flexibility index (Phi) is 17.7. The quantitative estimate of drug-likeness (QED) is 0.442. The molecule has 0 aliphatic carbocycles. The molecule has 0 fully saturated rings. The molecule has 0 bridgehead atoms. The Morgan fingerprint density at radius 1 is 1.43 bits per heavy atom. The molecule has 0 aromatic rings. The van der Waals surface area contributed by atoms with Crippen molar-refractivity contribution in [3.8, 4) is 0 Å². The maximum absolute atomic E-state index is 3.36. The number of rotatable bonds is 0. The first-order chi connectivity index (χ1) is 3.15. The zero-order chi connectivity index (χ0) is 6.28. The molecule has 0 aromatic carbocycles. The second kappa shape index (κ2) is 10.7. The van der Waals surface area contributed by atoms with Gasteiger partial charge in [-0.1, -0.05) is 6.08 Å². The first-order valence-electron chi connectivity index (χ1n) is 1.39. The summed E-state index contributed by atoms with van der Waals surface area (Å²) in [6, 6.07) is 0. The Bertz CT molecular complexity index is 34.4. The van der Waals surface area contributed by atoms with Crippen LogP contribution in [0.2, 0.25) is 0 Å². The van der Waals surface area contributed by atoms with Crippen molar-refractivity contribution in [1.29, 1.82) is 0 Å². The monoisotopic (exact) mass is 381 g/mol. The van der Waals surface area contributed by atoms with E-state index in [4.69, 9.17) is 0 Å². The van der Waals surface area contributed by atoms with Crippen LogP contribution in [0.25, 0.3) is 0 Å². The summed E-state index contributed by atoms with van der Waals surface area (Å²) in [4.78, 5) is 0. The van der Waals surface area contributed by atoms with Crippen LogP contribution in [0.4, 0.5) is 0 Å². The molecule has 0 heterocycles. The Balaban J connectivity index is 0. The summed E-state index contributed by atoms with van der Waals surface area (Å²) in [7, 11) is -0.732. The molecular weight excluding hydrogens is 377 g/mol. The summed E-state index contributed by atoms with van der Waals surface area (Å²) < 4.78 is 0. The minimum absolute atomic E-state index is 0.732. The summed E-state index contributed by atoms with van der Waals surface area (Å²) in [6.45, 7) is 5.25. The number of allylic oxidation sites excluding steroid dienone is 1. The molecule has 0 aliphatic heterocycles. The predicted octanol–water partition coefficient (Wildman–Crippen LogP) is 3.73. The molecule has 0 spiro atoms. The molecule has 7 heavy (non-hydrogen) atoms. The van der Waals surface area contributed by atoms with Crippen molar-refractivity contribution in [1.82, 2.24) is 0 Å². The standard InChI is InChI=1S/C3H6.3BrH.Ru/c1-3-2;;;;/h3H,1H2,2H3;3*1H;/q;;;;+3/p-3. The van der Waals surface area contributed by atoms with E-state index in [2.05, 4.69) is 47.4 Å². The molecule has 0 saturated heterocycles. The Hall–Kier alpha value is 1.80. The fraction of sp³-hybridized carbons (Fsp3) is 0.333. The van der Waals surface area contributed by atoms with Crippen LogP contribution in [0, 0.1) is 0 Å². The van der Waals surface area contributed by atoms with Crippen molar-refractivity contribution < 1.29 is 10.1 Å². The Morgan fingerprint density at radius 2 is 1.43 bits per heavy atom. The van der Waals surface area contributed by atoms with Crippen molar-refractivity contribution >= 4 is 40.9 Å². The zero-order valence-electron chi connectivity index (χ0n) is 3.77. The van der Waals surface area contributed by atoms with Gasteiger partial charge in [0.15, 0.2) is 0 Å². The van der Waals surface area contributed by atoms with Gasteiger partial charge in [-0.2, -0.15) is 0 Å². The molecule has 4 heteroatoms. The minimum atomic E-state index is -0.732. The molecule has 0 saturated carbocycles. The van der Waals surface area contributed by atoms with Crippen LogP contribution in [-0.4, -0.2) is 0 Å². The van der Waals surface area contributed by atoms with Crippen molar-refractivity contribution in [2.45, 2.75) is 6.92 Å². The summed E-state index contributed by atoms with van der Waals surface area (Å²) in [5.41, 5.74) is 0. The maximum atomic E-state index is 3.36. The van der Waals surface area contributed by atoms with E-state index in [1.165, 1.54) is 0 Å². The van der Waals surface area contributed by atoms with Crippen molar-refractivity contribution in [3.05, 3.63) is 12.7 Å². The SMILES string of the molecule is C=CC.[Br][Ru]([Br])[Br]. The molecule has 0 aromatic heterocycles. The molecule has 0 rings (SSSR count). The van der Waals surface area contributed by atoms with Gasteiger partial charge in [0.05, 0.1) is 0 Å². The van der Waals surface area contributed by atoms with Gasteiger partial charge in [-0.15, -0.1) is 6.58 Å². The molecule has 0 unspecified atom stereocenters. The van der Waals surface area contributed by atoms with E-state index in [1.54, 1.807) is 6.08 Å². The fourth-order valence-electron chi connectivity index (χ4n) is 0. The van der Waals surface area contributed by atoms with E-state index in [0.717, 1.165) is 0 Å². The van der Waals surface area contributed by atoms with Gasteiger partial charge in [-0.3, -0.25) is 0 Å². The van der Waals surface area contributed by atoms with E-state index in [9.17, 15) is 0 Å². The van der Waals surface area contributed by atoms with Crippen LogP contribution < -0.4 is 0 Å². The molecule has 0 aliphatic rings. The zero-order valence-corrected chi connectivity index (χ0v) is 10.3. The summed E-state index contributed by atoms with van der Waals surface area (Å²) in [6.07, 6.45) is 1.75. The third-order valence-electron chi connectivity index (χ3n) is 0. The van der Waals surface area contributed by atoms with E-state index < -0.39 is 10.1 Å². The van der Waals surface area contributed by atoms with E-state index >= 15 is 0 Å². The van der Waals surface area contributed by atoms with Gasteiger partial charge in [0.25, 0.3) is 0 Å². The van der Waals surface area contributed by atoms with Gasteiger partial charge in [-0.25, -0.2) is 0 Å². The summed E-state index contributed by atoms with van der Waals surface area (Å²) >= 11 is 9.74. The number of hydrogen-bond acceptors (Lipinski definition) is 0. The summed E-state index contributed by atoms with van der Waals surface area (Å²) in [5, 5.41) is 0. The van der Waals surface area contributed by atoms with Crippen LogP contribution in [0.5, 0.6) is 0 Å². The van der Waals surface area contributed by atoms with E-state index in [1.807, 2.05) is 6.92 Å². The molecule has 0 amide bonds. The number of hydrogen-bond donors (Lipinski definition) is 0.